The molecular formula is C16H33N3O. The second kappa shape index (κ2) is 6.90. The molecule has 1 aliphatic rings. The van der Waals surface area contributed by atoms with Crippen LogP contribution in [-0.4, -0.2) is 42.0 Å². The third kappa shape index (κ3) is 5.41. The molecule has 1 amide bonds. The topological polar surface area (TPSA) is 58.4 Å². The van der Waals surface area contributed by atoms with Crippen LogP contribution < -0.4 is 11.1 Å². The van der Waals surface area contributed by atoms with Crippen LogP contribution in [0.1, 0.15) is 60.3 Å². The van der Waals surface area contributed by atoms with Gasteiger partial charge in [0, 0.05) is 12.6 Å². The number of carbonyl (C=O) groups excluding carboxylic acids is 1. The Kier molecular flexibility index (Phi) is 6.02. The van der Waals surface area contributed by atoms with Gasteiger partial charge in [-0.25, -0.2) is 0 Å². The normalized spacial score (nSPS) is 22.1. The molecule has 1 unspecified atom stereocenters. The van der Waals surface area contributed by atoms with Crippen LogP contribution in [-0.2, 0) is 4.79 Å². The molecule has 1 heterocycles. The van der Waals surface area contributed by atoms with Crippen molar-refractivity contribution >= 4 is 5.91 Å². The number of hydrogen-bond donors (Lipinski definition) is 2. The van der Waals surface area contributed by atoms with Gasteiger partial charge in [-0.3, -0.25) is 4.79 Å². The number of unbranched alkanes of at least 4 members (excludes halogenated alkanes) is 1. The third-order valence-electron chi connectivity index (χ3n) is 4.31. The number of rotatable bonds is 8. The summed E-state index contributed by atoms with van der Waals surface area (Å²) in [5.41, 5.74) is 5.45. The van der Waals surface area contributed by atoms with E-state index in [-0.39, 0.29) is 11.9 Å². The molecule has 0 radical (unpaired) electrons. The SMILES string of the molecule is CC(C)NC(C)(CCCCN1CCC(C)(C)C1)C(N)=O. The fourth-order valence-electron chi connectivity index (χ4n) is 3.13. The van der Waals surface area contributed by atoms with E-state index in [2.05, 4.69) is 24.1 Å². The third-order valence-corrected chi connectivity index (χ3v) is 4.31. The molecule has 0 aromatic carbocycles. The first kappa shape index (κ1) is 17.4. The summed E-state index contributed by atoms with van der Waals surface area (Å²) in [4.78, 5) is 14.2. The Morgan fingerprint density at radius 3 is 2.50 bits per heavy atom. The number of hydrogen-bond acceptors (Lipinski definition) is 3. The van der Waals surface area contributed by atoms with E-state index in [0.29, 0.717) is 5.41 Å². The highest BCUT2D eigenvalue weighted by atomic mass is 16.1. The van der Waals surface area contributed by atoms with E-state index in [1.165, 1.54) is 19.5 Å². The van der Waals surface area contributed by atoms with E-state index in [1.54, 1.807) is 0 Å². The zero-order valence-corrected chi connectivity index (χ0v) is 14.0. The number of nitrogens with zero attached hydrogens (tertiary/aromatic N) is 1. The maximum atomic E-state index is 11.6. The summed E-state index contributed by atoms with van der Waals surface area (Å²) in [5, 5.41) is 3.31. The van der Waals surface area contributed by atoms with Gasteiger partial charge in [0.25, 0.3) is 0 Å². The van der Waals surface area contributed by atoms with Crippen molar-refractivity contribution in [3.8, 4) is 0 Å². The van der Waals surface area contributed by atoms with Crippen LogP contribution >= 0.6 is 0 Å². The number of amides is 1. The van der Waals surface area contributed by atoms with Gasteiger partial charge >= 0.3 is 0 Å². The second-order valence-electron chi connectivity index (χ2n) is 7.64. The molecule has 0 saturated carbocycles. The van der Waals surface area contributed by atoms with E-state index in [4.69, 9.17) is 5.73 Å². The van der Waals surface area contributed by atoms with Gasteiger partial charge in [-0.15, -0.1) is 0 Å². The lowest BCUT2D eigenvalue weighted by Gasteiger charge is -2.30. The van der Waals surface area contributed by atoms with Crippen LogP contribution in [0.3, 0.4) is 0 Å². The minimum absolute atomic E-state index is 0.242. The predicted molar refractivity (Wildman–Crippen MR) is 84.6 cm³/mol. The van der Waals surface area contributed by atoms with Crippen molar-refractivity contribution in [3.05, 3.63) is 0 Å². The van der Waals surface area contributed by atoms with Gasteiger partial charge in [-0.1, -0.05) is 13.8 Å². The van der Waals surface area contributed by atoms with Crippen LogP contribution in [0.25, 0.3) is 0 Å². The zero-order valence-electron chi connectivity index (χ0n) is 14.0. The minimum atomic E-state index is -0.571. The molecule has 1 atom stereocenters. The molecule has 0 spiro atoms. The van der Waals surface area contributed by atoms with Crippen LogP contribution in [0.5, 0.6) is 0 Å². The number of nitrogens with two attached hydrogens (primary N) is 1. The minimum Gasteiger partial charge on any atom is -0.368 e. The van der Waals surface area contributed by atoms with Crippen molar-refractivity contribution in [2.75, 3.05) is 19.6 Å². The summed E-state index contributed by atoms with van der Waals surface area (Å²) in [6, 6.07) is 0.270. The molecule has 0 bridgehead atoms. The molecule has 1 rings (SSSR count). The van der Waals surface area contributed by atoms with Gasteiger partial charge in [0.15, 0.2) is 0 Å². The highest BCUT2D eigenvalue weighted by Crippen LogP contribution is 2.28. The Morgan fingerprint density at radius 1 is 1.40 bits per heavy atom. The first-order chi connectivity index (χ1) is 9.15. The lowest BCUT2D eigenvalue weighted by atomic mass is 9.92. The Labute approximate surface area is 124 Å². The van der Waals surface area contributed by atoms with Gasteiger partial charge < -0.3 is 16.0 Å². The van der Waals surface area contributed by atoms with Crippen LogP contribution in [0.15, 0.2) is 0 Å². The number of primary amides is 1. The predicted octanol–water partition coefficient (Wildman–Crippen LogP) is 2.13. The second-order valence-corrected chi connectivity index (χ2v) is 7.64. The first-order valence-electron chi connectivity index (χ1n) is 7.95. The van der Waals surface area contributed by atoms with Gasteiger partial charge in [0.1, 0.15) is 0 Å². The Hall–Kier alpha value is -0.610. The fraction of sp³-hybridized carbons (Fsp3) is 0.938. The quantitative estimate of drug-likeness (QED) is 0.671. The average molecular weight is 283 g/mol. The number of likely N-dealkylation sites (tertiary alicyclic amines) is 1. The van der Waals surface area contributed by atoms with Crippen LogP contribution in [0, 0.1) is 5.41 Å². The standard InChI is InChI=1S/C16H33N3O/c1-13(2)18-16(5,14(17)20)8-6-7-10-19-11-9-15(3,4)12-19/h13,18H,6-12H2,1-5H3,(H2,17,20). The summed E-state index contributed by atoms with van der Waals surface area (Å²) in [7, 11) is 0. The average Bonchev–Trinajstić information content (AvgIpc) is 2.63. The van der Waals surface area contributed by atoms with Crippen molar-refractivity contribution in [3.63, 3.8) is 0 Å². The molecule has 0 aromatic rings. The smallest absolute Gasteiger partial charge is 0.237 e. The molecule has 1 fully saturated rings. The van der Waals surface area contributed by atoms with Crippen LogP contribution in [0.4, 0.5) is 0 Å². The summed E-state index contributed by atoms with van der Waals surface area (Å²) in [6.07, 6.45) is 4.29. The molecule has 20 heavy (non-hydrogen) atoms. The van der Waals surface area contributed by atoms with E-state index >= 15 is 0 Å². The number of carbonyl (C=O) groups is 1. The Balaban J connectivity index is 2.30. The molecule has 4 heteroatoms. The molecular weight excluding hydrogens is 250 g/mol. The van der Waals surface area contributed by atoms with E-state index < -0.39 is 5.54 Å². The van der Waals surface area contributed by atoms with E-state index in [0.717, 1.165) is 25.8 Å². The maximum Gasteiger partial charge on any atom is 0.237 e. The largest absolute Gasteiger partial charge is 0.368 e. The summed E-state index contributed by atoms with van der Waals surface area (Å²) < 4.78 is 0. The monoisotopic (exact) mass is 283 g/mol. The lowest BCUT2D eigenvalue weighted by molar-refractivity contribution is -0.124. The molecule has 3 N–H and O–H groups in total. The van der Waals surface area contributed by atoms with Crippen LogP contribution in [0.2, 0.25) is 0 Å². The summed E-state index contributed by atoms with van der Waals surface area (Å²) >= 11 is 0. The van der Waals surface area contributed by atoms with Crippen molar-refractivity contribution < 1.29 is 4.79 Å². The van der Waals surface area contributed by atoms with Crippen molar-refractivity contribution in [1.29, 1.82) is 0 Å². The van der Waals surface area contributed by atoms with E-state index in [1.807, 2.05) is 20.8 Å². The Morgan fingerprint density at radius 2 is 2.05 bits per heavy atom. The van der Waals surface area contributed by atoms with Crippen molar-refractivity contribution in [1.82, 2.24) is 10.2 Å². The lowest BCUT2D eigenvalue weighted by Crippen LogP contribution is -2.55. The fourth-order valence-corrected chi connectivity index (χ4v) is 3.13. The maximum absolute atomic E-state index is 11.6. The molecule has 118 valence electrons. The highest BCUT2D eigenvalue weighted by Gasteiger charge is 2.31. The molecule has 1 aliphatic heterocycles. The van der Waals surface area contributed by atoms with Gasteiger partial charge in [0.05, 0.1) is 5.54 Å². The molecule has 1 saturated heterocycles. The van der Waals surface area contributed by atoms with Crippen molar-refractivity contribution in [2.45, 2.75) is 71.9 Å². The molecule has 0 aliphatic carbocycles. The Bertz CT molecular complexity index is 328. The van der Waals surface area contributed by atoms with Gasteiger partial charge in [-0.05, 0) is 65.0 Å². The van der Waals surface area contributed by atoms with Gasteiger partial charge in [0.2, 0.25) is 5.91 Å². The molecule has 4 nitrogen and oxygen atoms in total. The summed E-state index contributed by atoms with van der Waals surface area (Å²) in [5.74, 6) is -0.242. The van der Waals surface area contributed by atoms with Gasteiger partial charge in [-0.2, -0.15) is 0 Å². The van der Waals surface area contributed by atoms with Crippen molar-refractivity contribution in [2.24, 2.45) is 11.1 Å². The first-order valence-corrected chi connectivity index (χ1v) is 7.95. The highest BCUT2D eigenvalue weighted by molar-refractivity contribution is 5.84. The molecule has 0 aromatic heterocycles. The summed E-state index contributed by atoms with van der Waals surface area (Å²) in [6.45, 7) is 14.2. The van der Waals surface area contributed by atoms with E-state index in [9.17, 15) is 4.79 Å². The zero-order chi connectivity index (χ0) is 15.4. The number of nitrogens with one attached hydrogen (secondary N) is 1.